The fraction of sp³-hybridized carbons (Fsp3) is 0.143. The van der Waals surface area contributed by atoms with Gasteiger partial charge in [-0.25, -0.2) is 16.8 Å². The summed E-state index contributed by atoms with van der Waals surface area (Å²) in [4.78, 5) is -1.94. The van der Waals surface area contributed by atoms with Crippen molar-refractivity contribution in [3.05, 3.63) is 17.7 Å². The van der Waals surface area contributed by atoms with Crippen LogP contribution in [0.1, 0.15) is 5.56 Å². The molecule has 0 spiro atoms. The van der Waals surface area contributed by atoms with Gasteiger partial charge in [-0.2, -0.15) is 0 Å². The monoisotopic (exact) mass is 344 g/mol. The van der Waals surface area contributed by atoms with E-state index in [-0.39, 0.29) is 103 Å². The van der Waals surface area contributed by atoms with Crippen LogP contribution in [0.15, 0.2) is 21.9 Å². The van der Waals surface area contributed by atoms with Crippen molar-refractivity contribution < 1.29 is 134 Å². The van der Waals surface area contributed by atoms with Gasteiger partial charge in [-0.1, -0.05) is 0 Å². The molecule has 1 N–H and O–H groups in total. The molecule has 0 fully saturated rings. The van der Waals surface area contributed by atoms with Gasteiger partial charge in [-0.15, -0.1) is 0 Å². The fourth-order valence-corrected chi connectivity index (χ4v) is 2.83. The molecule has 0 aliphatic carbocycles. The van der Waals surface area contributed by atoms with Gasteiger partial charge in [0.1, 0.15) is 30.9 Å². The van der Waals surface area contributed by atoms with Crippen LogP contribution in [0.5, 0.6) is 5.75 Å². The zero-order chi connectivity index (χ0) is 12.7. The zero-order valence-corrected chi connectivity index (χ0v) is 17.7. The van der Waals surface area contributed by atoms with Crippen molar-refractivity contribution in [1.29, 1.82) is 0 Å². The predicted molar refractivity (Wildman–Crippen MR) is 48.8 cm³/mol. The molecule has 0 heterocycles. The van der Waals surface area contributed by atoms with Crippen molar-refractivity contribution in [2.24, 2.45) is 0 Å². The molecule has 90 valence electrons. The average molecular weight is 344 g/mol. The van der Waals surface area contributed by atoms with Gasteiger partial charge in [0.05, 0.1) is 4.90 Å². The van der Waals surface area contributed by atoms with E-state index in [0.717, 1.165) is 13.0 Å². The van der Waals surface area contributed by atoms with Gasteiger partial charge < -0.3 is 14.2 Å². The predicted octanol–water partition coefficient (Wildman–Crippen LogP) is -6.48. The Bertz CT molecular complexity index is 636. The molecule has 1 rings (SSSR count). The van der Waals surface area contributed by atoms with Gasteiger partial charge in [0.15, 0.2) is 0 Å². The number of rotatable bonds is 2. The summed E-state index contributed by atoms with van der Waals surface area (Å²) in [5, 5.41) is 9.14. The Morgan fingerprint density at radius 1 is 1.00 bits per heavy atom. The molecule has 7 nitrogen and oxygen atoms in total. The van der Waals surface area contributed by atoms with E-state index < -0.39 is 41.3 Å². The van der Waals surface area contributed by atoms with Crippen LogP contribution in [0.2, 0.25) is 0 Å². The maximum atomic E-state index is 10.7. The SMILES string of the molecule is Cc1c(S(=O)(=O)[O-])ccc(O)c1S(=O)(=O)[O-].[K+].[K+]. The molecular weight excluding hydrogens is 338 g/mol. The summed E-state index contributed by atoms with van der Waals surface area (Å²) >= 11 is 0. The Balaban J connectivity index is 0. The number of aromatic hydroxyl groups is 1. The quantitative estimate of drug-likeness (QED) is 0.416. The Hall–Kier alpha value is 2.11. The maximum absolute atomic E-state index is 10.7. The summed E-state index contributed by atoms with van der Waals surface area (Å²) < 4.78 is 64.4. The summed E-state index contributed by atoms with van der Waals surface area (Å²) in [7, 11) is -9.95. The van der Waals surface area contributed by atoms with E-state index in [1.165, 1.54) is 0 Å². The van der Waals surface area contributed by atoms with E-state index in [4.69, 9.17) is 5.11 Å². The van der Waals surface area contributed by atoms with E-state index in [2.05, 4.69) is 0 Å². The summed E-state index contributed by atoms with van der Waals surface area (Å²) in [5.74, 6) is -0.889. The van der Waals surface area contributed by atoms with Crippen LogP contribution in [-0.2, 0) is 20.2 Å². The van der Waals surface area contributed by atoms with Crippen molar-refractivity contribution >= 4 is 20.2 Å². The molecule has 0 radical (unpaired) electrons. The third-order valence-corrected chi connectivity index (χ3v) is 3.85. The first kappa shape index (κ1) is 22.4. The Kier molecular flexibility index (Phi) is 9.87. The number of benzene rings is 1. The maximum Gasteiger partial charge on any atom is 1.00 e. The number of phenolic OH excluding ortho intramolecular Hbond substituents is 1. The molecule has 0 aliphatic heterocycles. The molecular formula is C7H6K2O7S2. The molecule has 11 heteroatoms. The molecule has 0 atom stereocenters. The molecule has 18 heavy (non-hydrogen) atoms. The van der Waals surface area contributed by atoms with Gasteiger partial charge in [0.25, 0.3) is 0 Å². The molecule has 0 amide bonds. The smallest absolute Gasteiger partial charge is 0.744 e. The minimum atomic E-state index is -5.05. The van der Waals surface area contributed by atoms with Crippen LogP contribution in [0, 0.1) is 6.92 Å². The summed E-state index contributed by atoms with van der Waals surface area (Å²) in [6.07, 6.45) is 0. The van der Waals surface area contributed by atoms with Gasteiger partial charge in [0, 0.05) is 0 Å². The summed E-state index contributed by atoms with van der Waals surface area (Å²) in [6.45, 7) is 0.954. The normalized spacial score (nSPS) is 11.3. The second-order valence-electron chi connectivity index (χ2n) is 2.95. The topological polar surface area (TPSA) is 135 Å². The van der Waals surface area contributed by atoms with Crippen LogP contribution in [0.4, 0.5) is 0 Å². The second-order valence-corrected chi connectivity index (χ2v) is 5.61. The van der Waals surface area contributed by atoms with E-state index in [9.17, 15) is 25.9 Å². The molecule has 0 aromatic heterocycles. The van der Waals surface area contributed by atoms with E-state index in [1.54, 1.807) is 0 Å². The van der Waals surface area contributed by atoms with Gasteiger partial charge >= 0.3 is 103 Å². The van der Waals surface area contributed by atoms with Crippen molar-refractivity contribution in [2.75, 3.05) is 0 Å². The Morgan fingerprint density at radius 2 is 1.44 bits per heavy atom. The van der Waals surface area contributed by atoms with Crippen LogP contribution < -0.4 is 103 Å². The van der Waals surface area contributed by atoms with Crippen molar-refractivity contribution in [2.45, 2.75) is 16.7 Å². The molecule has 0 saturated carbocycles. The third kappa shape index (κ3) is 5.48. The van der Waals surface area contributed by atoms with Crippen molar-refractivity contribution in [3.63, 3.8) is 0 Å². The first-order valence-corrected chi connectivity index (χ1v) is 6.61. The van der Waals surface area contributed by atoms with Crippen LogP contribution in [-0.4, -0.2) is 31.0 Å². The minimum absolute atomic E-state index is 0. The van der Waals surface area contributed by atoms with Crippen LogP contribution in [0.25, 0.3) is 0 Å². The van der Waals surface area contributed by atoms with Crippen LogP contribution >= 0.6 is 0 Å². The summed E-state index contributed by atoms with van der Waals surface area (Å²) in [5.41, 5.74) is -0.579. The van der Waals surface area contributed by atoms with Gasteiger partial charge in [-0.3, -0.25) is 0 Å². The Morgan fingerprint density at radius 3 is 1.78 bits per heavy atom. The fourth-order valence-electron chi connectivity index (χ4n) is 1.25. The van der Waals surface area contributed by atoms with E-state index in [1.807, 2.05) is 0 Å². The van der Waals surface area contributed by atoms with Crippen molar-refractivity contribution in [1.82, 2.24) is 0 Å². The van der Waals surface area contributed by atoms with E-state index >= 15 is 0 Å². The molecule has 0 bridgehead atoms. The Labute approximate surface area is 190 Å². The number of hydrogen-bond acceptors (Lipinski definition) is 7. The van der Waals surface area contributed by atoms with Crippen molar-refractivity contribution in [3.8, 4) is 5.75 Å². The molecule has 0 saturated heterocycles. The minimum Gasteiger partial charge on any atom is -0.744 e. The molecule has 1 aromatic rings. The number of phenols is 1. The third-order valence-electron chi connectivity index (χ3n) is 1.85. The molecule has 0 aliphatic rings. The first-order valence-electron chi connectivity index (χ1n) is 3.79. The average Bonchev–Trinajstić information content (AvgIpc) is 1.97. The molecule has 1 aromatic carbocycles. The number of hydrogen-bond donors (Lipinski definition) is 1. The van der Waals surface area contributed by atoms with E-state index in [0.29, 0.717) is 6.07 Å². The largest absolute Gasteiger partial charge is 1.00 e. The van der Waals surface area contributed by atoms with Gasteiger partial charge in [0.2, 0.25) is 0 Å². The first-order chi connectivity index (χ1) is 7.05. The summed E-state index contributed by atoms with van der Waals surface area (Å²) in [6, 6.07) is 1.41. The zero-order valence-electron chi connectivity index (χ0n) is 9.87. The standard InChI is InChI=1S/C7H8O7S2.2K/c1-4-6(15(9,10)11)3-2-5(8)7(4)16(12,13)14;;/h2-3,8H,1H3,(H,9,10,11)(H,12,13,14);;/q;2*+1/p-2. The molecule has 0 unspecified atom stereocenters. The van der Waals surface area contributed by atoms with Crippen LogP contribution in [0.3, 0.4) is 0 Å². The van der Waals surface area contributed by atoms with Gasteiger partial charge in [-0.05, 0) is 24.6 Å². The second kappa shape index (κ2) is 7.93.